The molecular weight excluding hydrogens is 302 g/mol. The SMILES string of the molecule is Cc1cc(NC(C(=O)N2CCCCC2)c2ccccc2)nc(N)n1. The molecular formula is C18H23N5O. The second-order valence-corrected chi connectivity index (χ2v) is 6.13. The summed E-state index contributed by atoms with van der Waals surface area (Å²) in [5.41, 5.74) is 7.42. The average Bonchev–Trinajstić information content (AvgIpc) is 2.60. The molecule has 1 aromatic heterocycles. The molecule has 0 saturated carbocycles. The summed E-state index contributed by atoms with van der Waals surface area (Å²) in [6, 6.07) is 11.1. The highest BCUT2D eigenvalue weighted by Gasteiger charge is 2.27. The van der Waals surface area contributed by atoms with Gasteiger partial charge in [-0.25, -0.2) is 4.98 Å². The average molecular weight is 325 g/mol. The number of nitrogens with two attached hydrogens (primary N) is 1. The number of benzene rings is 1. The first-order chi connectivity index (χ1) is 11.6. The van der Waals surface area contributed by atoms with Gasteiger partial charge in [0, 0.05) is 24.8 Å². The van der Waals surface area contributed by atoms with Crippen molar-refractivity contribution in [2.24, 2.45) is 0 Å². The number of anilines is 2. The zero-order chi connectivity index (χ0) is 16.9. The number of rotatable bonds is 4. The third kappa shape index (κ3) is 3.82. The number of carbonyl (C=O) groups is 1. The first-order valence-corrected chi connectivity index (χ1v) is 8.35. The molecule has 3 N–H and O–H groups in total. The molecule has 1 aliphatic heterocycles. The maximum atomic E-state index is 13.1. The smallest absolute Gasteiger partial charge is 0.249 e. The largest absolute Gasteiger partial charge is 0.368 e. The Balaban J connectivity index is 1.88. The molecule has 0 spiro atoms. The number of nitrogens with one attached hydrogen (secondary N) is 1. The zero-order valence-corrected chi connectivity index (χ0v) is 13.9. The summed E-state index contributed by atoms with van der Waals surface area (Å²) >= 11 is 0. The van der Waals surface area contributed by atoms with Crippen LogP contribution in [0.5, 0.6) is 0 Å². The minimum atomic E-state index is -0.474. The van der Waals surface area contributed by atoms with E-state index in [9.17, 15) is 4.79 Å². The van der Waals surface area contributed by atoms with Crippen molar-refractivity contribution in [3.05, 3.63) is 47.7 Å². The number of aryl methyl sites for hydroxylation is 1. The number of hydrogen-bond acceptors (Lipinski definition) is 5. The van der Waals surface area contributed by atoms with E-state index in [0.29, 0.717) is 5.82 Å². The van der Waals surface area contributed by atoms with Crippen molar-refractivity contribution >= 4 is 17.7 Å². The monoisotopic (exact) mass is 325 g/mol. The van der Waals surface area contributed by atoms with Crippen LogP contribution < -0.4 is 11.1 Å². The molecule has 0 bridgehead atoms. The van der Waals surface area contributed by atoms with Crippen molar-refractivity contribution in [3.63, 3.8) is 0 Å². The normalized spacial score (nSPS) is 15.8. The third-order valence-electron chi connectivity index (χ3n) is 4.21. The summed E-state index contributed by atoms with van der Waals surface area (Å²) in [5, 5.41) is 3.25. The zero-order valence-electron chi connectivity index (χ0n) is 13.9. The van der Waals surface area contributed by atoms with E-state index in [1.54, 1.807) is 6.07 Å². The molecule has 126 valence electrons. The topological polar surface area (TPSA) is 84.1 Å². The Labute approximate surface area is 142 Å². The van der Waals surface area contributed by atoms with Gasteiger partial charge in [-0.1, -0.05) is 30.3 Å². The lowest BCUT2D eigenvalue weighted by Gasteiger charge is -2.31. The fourth-order valence-electron chi connectivity index (χ4n) is 3.04. The van der Waals surface area contributed by atoms with Gasteiger partial charge in [0.1, 0.15) is 11.9 Å². The number of carbonyl (C=O) groups excluding carboxylic acids is 1. The number of likely N-dealkylation sites (tertiary alicyclic amines) is 1. The molecule has 0 aliphatic carbocycles. The van der Waals surface area contributed by atoms with Gasteiger partial charge >= 0.3 is 0 Å². The first kappa shape index (κ1) is 16.2. The fourth-order valence-corrected chi connectivity index (χ4v) is 3.04. The van der Waals surface area contributed by atoms with E-state index in [-0.39, 0.29) is 11.9 Å². The summed E-state index contributed by atoms with van der Waals surface area (Å²) in [6.07, 6.45) is 3.31. The summed E-state index contributed by atoms with van der Waals surface area (Å²) < 4.78 is 0. The van der Waals surface area contributed by atoms with Crippen LogP contribution in [0.15, 0.2) is 36.4 Å². The third-order valence-corrected chi connectivity index (χ3v) is 4.21. The van der Waals surface area contributed by atoms with Gasteiger partial charge in [-0.15, -0.1) is 0 Å². The Kier molecular flexibility index (Phi) is 4.93. The van der Waals surface area contributed by atoms with Crippen LogP contribution in [0.2, 0.25) is 0 Å². The van der Waals surface area contributed by atoms with E-state index in [4.69, 9.17) is 5.73 Å². The summed E-state index contributed by atoms with van der Waals surface area (Å²) in [6.45, 7) is 3.48. The molecule has 1 aliphatic rings. The van der Waals surface area contributed by atoms with Gasteiger partial charge in [0.2, 0.25) is 11.9 Å². The highest BCUT2D eigenvalue weighted by atomic mass is 16.2. The van der Waals surface area contributed by atoms with Crippen LogP contribution in [-0.4, -0.2) is 33.9 Å². The lowest BCUT2D eigenvalue weighted by atomic mass is 10.0. The Morgan fingerprint density at radius 1 is 1.17 bits per heavy atom. The van der Waals surface area contributed by atoms with Crippen molar-refractivity contribution in [2.75, 3.05) is 24.1 Å². The van der Waals surface area contributed by atoms with Crippen molar-refractivity contribution < 1.29 is 4.79 Å². The molecule has 2 heterocycles. The lowest BCUT2D eigenvalue weighted by Crippen LogP contribution is -2.41. The van der Waals surface area contributed by atoms with Crippen LogP contribution in [0.4, 0.5) is 11.8 Å². The molecule has 3 rings (SSSR count). The number of nitrogens with zero attached hydrogens (tertiary/aromatic N) is 3. The minimum Gasteiger partial charge on any atom is -0.368 e. The van der Waals surface area contributed by atoms with Crippen molar-refractivity contribution in [1.82, 2.24) is 14.9 Å². The molecule has 1 atom stereocenters. The van der Waals surface area contributed by atoms with E-state index in [1.165, 1.54) is 6.42 Å². The van der Waals surface area contributed by atoms with Gasteiger partial charge < -0.3 is 16.0 Å². The van der Waals surface area contributed by atoms with Crippen LogP contribution in [0.3, 0.4) is 0 Å². The molecule has 1 amide bonds. The quantitative estimate of drug-likeness (QED) is 0.902. The van der Waals surface area contributed by atoms with Crippen LogP contribution in [0.25, 0.3) is 0 Å². The van der Waals surface area contributed by atoms with Crippen molar-refractivity contribution in [3.8, 4) is 0 Å². The standard InChI is InChI=1S/C18H23N5O/c1-13-12-15(22-18(19)20-13)21-16(14-8-4-2-5-9-14)17(24)23-10-6-3-7-11-23/h2,4-5,8-9,12,16H,3,6-7,10-11H2,1H3,(H3,19,20,21,22). The number of aromatic nitrogens is 2. The summed E-state index contributed by atoms with van der Waals surface area (Å²) in [7, 11) is 0. The van der Waals surface area contributed by atoms with Crippen LogP contribution in [0, 0.1) is 6.92 Å². The number of piperidine rings is 1. The van der Waals surface area contributed by atoms with Gasteiger partial charge in [-0.3, -0.25) is 4.79 Å². The van der Waals surface area contributed by atoms with Crippen LogP contribution in [-0.2, 0) is 4.79 Å². The fraction of sp³-hybridized carbons (Fsp3) is 0.389. The number of hydrogen-bond donors (Lipinski definition) is 2. The first-order valence-electron chi connectivity index (χ1n) is 8.35. The van der Waals surface area contributed by atoms with Gasteiger partial charge in [-0.2, -0.15) is 4.98 Å². The van der Waals surface area contributed by atoms with E-state index >= 15 is 0 Å². The highest BCUT2D eigenvalue weighted by molar-refractivity contribution is 5.86. The number of nitrogen functional groups attached to an aromatic ring is 1. The van der Waals surface area contributed by atoms with Crippen LogP contribution in [0.1, 0.15) is 36.6 Å². The van der Waals surface area contributed by atoms with Crippen molar-refractivity contribution in [2.45, 2.75) is 32.2 Å². The molecule has 6 heteroatoms. The predicted octanol–water partition coefficient (Wildman–Crippen LogP) is 2.53. The Morgan fingerprint density at radius 3 is 2.54 bits per heavy atom. The second-order valence-electron chi connectivity index (χ2n) is 6.13. The minimum absolute atomic E-state index is 0.0794. The number of amides is 1. The van der Waals surface area contributed by atoms with E-state index in [2.05, 4.69) is 15.3 Å². The Hall–Kier alpha value is -2.63. The maximum absolute atomic E-state index is 13.1. The molecule has 2 aromatic rings. The molecule has 1 aromatic carbocycles. The second kappa shape index (κ2) is 7.29. The Bertz CT molecular complexity index is 678. The molecule has 6 nitrogen and oxygen atoms in total. The molecule has 1 fully saturated rings. The predicted molar refractivity (Wildman–Crippen MR) is 94.4 cm³/mol. The maximum Gasteiger partial charge on any atom is 0.249 e. The molecule has 1 unspecified atom stereocenters. The summed E-state index contributed by atoms with van der Waals surface area (Å²) in [4.78, 5) is 23.3. The van der Waals surface area contributed by atoms with Crippen LogP contribution >= 0.6 is 0 Å². The molecule has 0 radical (unpaired) electrons. The molecule has 24 heavy (non-hydrogen) atoms. The van der Waals surface area contributed by atoms with Crippen molar-refractivity contribution in [1.29, 1.82) is 0 Å². The Morgan fingerprint density at radius 2 is 1.88 bits per heavy atom. The lowest BCUT2D eigenvalue weighted by molar-refractivity contribution is -0.133. The van der Waals surface area contributed by atoms with Gasteiger partial charge in [0.15, 0.2) is 0 Å². The van der Waals surface area contributed by atoms with Gasteiger partial charge in [-0.05, 0) is 31.7 Å². The van der Waals surface area contributed by atoms with Gasteiger partial charge in [0.25, 0.3) is 0 Å². The molecule has 1 saturated heterocycles. The van der Waals surface area contributed by atoms with Gasteiger partial charge in [0.05, 0.1) is 0 Å². The van der Waals surface area contributed by atoms with E-state index in [0.717, 1.165) is 37.2 Å². The highest BCUT2D eigenvalue weighted by Crippen LogP contribution is 2.23. The van der Waals surface area contributed by atoms with E-state index in [1.807, 2.05) is 42.2 Å². The summed E-state index contributed by atoms with van der Waals surface area (Å²) in [5.74, 6) is 0.852. The van der Waals surface area contributed by atoms with E-state index < -0.39 is 6.04 Å².